The summed E-state index contributed by atoms with van der Waals surface area (Å²) in [5.41, 5.74) is 0. The number of fused-ring (bicyclic) bond motifs is 2. The van der Waals surface area contributed by atoms with Gasteiger partial charge in [-0.3, -0.25) is 4.79 Å². The molecule has 2 aliphatic rings. The van der Waals surface area contributed by atoms with Gasteiger partial charge in [0.2, 0.25) is 5.91 Å². The van der Waals surface area contributed by atoms with Crippen LogP contribution in [0.2, 0.25) is 0 Å². The summed E-state index contributed by atoms with van der Waals surface area (Å²) in [5, 5.41) is 0. The van der Waals surface area contributed by atoms with Crippen molar-refractivity contribution in [2.45, 2.75) is 25.3 Å². The molecule has 0 aromatic carbocycles. The molecular weight excluding hydrogens is 221 g/mol. The van der Waals surface area contributed by atoms with Gasteiger partial charge < -0.3 is 17.8 Å². The summed E-state index contributed by atoms with van der Waals surface area (Å²) in [6.07, 6.45) is 1.18. The first-order valence-electron chi connectivity index (χ1n) is 4.49. The largest absolute Gasteiger partial charge is 1.00 e. The fraction of sp³-hybridized carbons (Fsp3) is 0.857. The van der Waals surface area contributed by atoms with E-state index >= 15 is 0 Å². The molecule has 0 N–H and O–H groups in total. The van der Waals surface area contributed by atoms with E-state index in [2.05, 4.69) is 0 Å². The molecule has 1 saturated heterocycles. The Bertz CT molecular complexity index is 248. The summed E-state index contributed by atoms with van der Waals surface area (Å²) in [5.74, 6) is -0.390. The van der Waals surface area contributed by atoms with Gasteiger partial charge in [-0.1, -0.05) is 0 Å². The van der Waals surface area contributed by atoms with Crippen LogP contribution in [-0.4, -0.2) is 30.3 Å². The molecule has 2 fully saturated rings. The molecule has 0 aromatic rings. The van der Waals surface area contributed by atoms with E-state index in [9.17, 15) is 17.7 Å². The van der Waals surface area contributed by atoms with Gasteiger partial charge in [-0.25, -0.2) is 0 Å². The van der Waals surface area contributed by atoms with Crippen LogP contribution in [0.4, 0.5) is 12.9 Å². The number of amides is 1. The number of nitrogens with zero attached hydrogens (tertiary/aromatic N) is 1. The first-order valence-corrected chi connectivity index (χ1v) is 4.49. The van der Waals surface area contributed by atoms with Gasteiger partial charge in [0.25, 0.3) is 0 Å². The van der Waals surface area contributed by atoms with Crippen molar-refractivity contribution in [1.82, 2.24) is 4.90 Å². The first kappa shape index (κ1) is 13.0. The number of likely N-dealkylation sites (tertiary alicyclic amines) is 1. The van der Waals surface area contributed by atoms with Crippen LogP contribution in [0.3, 0.4) is 0 Å². The summed E-state index contributed by atoms with van der Waals surface area (Å²) in [6.45, 7) is -4.86. The quantitative estimate of drug-likeness (QED) is 0.523. The molecule has 1 saturated carbocycles. The van der Waals surface area contributed by atoms with Crippen molar-refractivity contribution >= 4 is 12.9 Å². The van der Waals surface area contributed by atoms with Crippen LogP contribution < -0.4 is 51.4 Å². The van der Waals surface area contributed by atoms with Gasteiger partial charge >= 0.3 is 58.4 Å². The molecule has 2 rings (SSSR count). The van der Waals surface area contributed by atoms with Gasteiger partial charge in [-0.05, 0) is 25.7 Å². The molecule has 0 aromatic heterocycles. The third-order valence-electron chi connectivity index (χ3n) is 2.88. The molecule has 74 valence electrons. The van der Waals surface area contributed by atoms with Crippen molar-refractivity contribution in [3.8, 4) is 0 Å². The Hall–Kier alpha value is 0.961. The molecule has 2 nitrogen and oxygen atoms in total. The van der Waals surface area contributed by atoms with Gasteiger partial charge in [0.05, 0.1) is 0 Å². The zero-order chi connectivity index (χ0) is 9.64. The Kier molecular flexibility index (Phi) is 4.14. The van der Waals surface area contributed by atoms with Crippen LogP contribution in [0.15, 0.2) is 0 Å². The number of carbonyl (C=O) groups is 1. The van der Waals surface area contributed by atoms with Gasteiger partial charge in [-0.15, -0.1) is 0 Å². The van der Waals surface area contributed by atoms with Gasteiger partial charge in [0, 0.05) is 12.0 Å². The van der Waals surface area contributed by atoms with Crippen molar-refractivity contribution in [2.24, 2.45) is 5.92 Å². The topological polar surface area (TPSA) is 20.3 Å². The van der Waals surface area contributed by atoms with Crippen molar-refractivity contribution in [2.75, 3.05) is 6.44 Å². The van der Waals surface area contributed by atoms with Crippen molar-refractivity contribution in [3.05, 3.63) is 0 Å². The van der Waals surface area contributed by atoms with Crippen LogP contribution in [0.25, 0.3) is 0 Å². The van der Waals surface area contributed by atoms with Crippen LogP contribution in [0, 0.1) is 5.92 Å². The fourth-order valence-corrected chi connectivity index (χ4v) is 2.34. The molecule has 2 atom stereocenters. The Morgan fingerprint density at radius 1 is 1.36 bits per heavy atom. The van der Waals surface area contributed by atoms with E-state index in [1.165, 1.54) is 0 Å². The Balaban J connectivity index is 0.000000980. The molecule has 1 aliphatic heterocycles. The normalized spacial score (nSPS) is 30.8. The molecule has 1 aliphatic carbocycles. The molecule has 0 spiro atoms. The monoisotopic (exact) mass is 231 g/mol. The summed E-state index contributed by atoms with van der Waals surface area (Å²) in [6, 6.07) is -0.124. The summed E-state index contributed by atoms with van der Waals surface area (Å²) < 4.78 is 36.2. The smallest absolute Gasteiger partial charge is 0.448 e. The second kappa shape index (κ2) is 4.45. The van der Waals surface area contributed by atoms with E-state index in [0.29, 0.717) is 6.42 Å². The molecule has 1 heterocycles. The minimum atomic E-state index is -4.86. The molecule has 0 radical (unpaired) electrons. The third kappa shape index (κ3) is 2.55. The Labute approximate surface area is 123 Å². The molecule has 2 unspecified atom stereocenters. The van der Waals surface area contributed by atoms with Gasteiger partial charge in [0.15, 0.2) is 0 Å². The minimum Gasteiger partial charge on any atom is -0.448 e. The second-order valence-corrected chi connectivity index (χ2v) is 3.86. The van der Waals surface area contributed by atoms with Crippen molar-refractivity contribution in [1.29, 1.82) is 0 Å². The predicted octanol–water partition coefficient (Wildman–Crippen LogP) is -1.61. The molecular formula is C7H10BF3KNO. The SMILES string of the molecule is O=C1C2CCC(C2)N1C[B-](F)(F)F.[K+]. The summed E-state index contributed by atoms with van der Waals surface area (Å²) >= 11 is 0. The third-order valence-corrected chi connectivity index (χ3v) is 2.88. The maximum Gasteiger partial charge on any atom is 1.00 e. The van der Waals surface area contributed by atoms with E-state index in [0.717, 1.165) is 17.7 Å². The number of halogens is 3. The van der Waals surface area contributed by atoms with Crippen LogP contribution in [0.1, 0.15) is 19.3 Å². The molecule has 1 amide bonds. The van der Waals surface area contributed by atoms with E-state index in [1.807, 2.05) is 0 Å². The number of carbonyl (C=O) groups excluding carboxylic acids is 1. The van der Waals surface area contributed by atoms with Crippen molar-refractivity contribution < 1.29 is 69.1 Å². The number of hydrogen-bond acceptors (Lipinski definition) is 1. The van der Waals surface area contributed by atoms with E-state index < -0.39 is 13.4 Å². The standard InChI is InChI=1S/C7H10BF3NO.K/c9-8(10,11)4-12-6-2-1-5(3-6)7(12)13;/h5-6H,1-4H2;/q-1;+1. The first-order chi connectivity index (χ1) is 5.97. The summed E-state index contributed by atoms with van der Waals surface area (Å²) in [7, 11) is 0. The second-order valence-electron chi connectivity index (χ2n) is 3.86. The Morgan fingerprint density at radius 3 is 2.43 bits per heavy atom. The van der Waals surface area contributed by atoms with E-state index in [4.69, 9.17) is 0 Å². The zero-order valence-corrected chi connectivity index (χ0v) is 11.2. The fourth-order valence-electron chi connectivity index (χ4n) is 2.34. The molecule has 14 heavy (non-hydrogen) atoms. The van der Waals surface area contributed by atoms with E-state index in [-0.39, 0.29) is 69.3 Å². The predicted molar refractivity (Wildman–Crippen MR) is 41.9 cm³/mol. The summed E-state index contributed by atoms with van der Waals surface area (Å²) in [4.78, 5) is 12.3. The van der Waals surface area contributed by atoms with Crippen LogP contribution >= 0.6 is 0 Å². The van der Waals surface area contributed by atoms with Gasteiger partial charge in [-0.2, -0.15) is 0 Å². The van der Waals surface area contributed by atoms with Gasteiger partial charge in [0.1, 0.15) is 0 Å². The van der Waals surface area contributed by atoms with Crippen LogP contribution in [-0.2, 0) is 4.79 Å². The minimum absolute atomic E-state index is 0. The van der Waals surface area contributed by atoms with Crippen molar-refractivity contribution in [3.63, 3.8) is 0 Å². The molecule has 7 heteroatoms. The maximum atomic E-state index is 12.1. The molecule has 2 bridgehead atoms. The zero-order valence-electron chi connectivity index (χ0n) is 8.05. The van der Waals surface area contributed by atoms with E-state index in [1.54, 1.807) is 0 Å². The van der Waals surface area contributed by atoms with Crippen LogP contribution in [0.5, 0.6) is 0 Å². The average Bonchev–Trinajstić information content (AvgIpc) is 2.51. The number of hydrogen-bond donors (Lipinski definition) is 0. The maximum absolute atomic E-state index is 12.1. The number of piperidine rings is 1. The number of rotatable bonds is 2. The Morgan fingerprint density at radius 2 is 2.00 bits per heavy atom. The average molecular weight is 231 g/mol.